The van der Waals surface area contributed by atoms with Crippen LogP contribution < -0.4 is 5.32 Å². The average molecular weight is 287 g/mol. The third-order valence-electron chi connectivity index (χ3n) is 5.85. The lowest BCUT2D eigenvalue weighted by atomic mass is 9.53. The van der Waals surface area contributed by atoms with Gasteiger partial charge in [0.15, 0.2) is 0 Å². The number of hydrogen-bond acceptors (Lipinski definition) is 1. The van der Waals surface area contributed by atoms with Gasteiger partial charge >= 0.3 is 0 Å². The van der Waals surface area contributed by atoms with E-state index in [0.717, 1.165) is 37.0 Å². The van der Waals surface area contributed by atoms with Crippen LogP contribution in [0.1, 0.15) is 54.4 Å². The number of benzene rings is 1. The lowest BCUT2D eigenvalue weighted by Crippen LogP contribution is -2.59. The van der Waals surface area contributed by atoms with E-state index in [1.165, 1.54) is 19.3 Å². The molecule has 21 heavy (non-hydrogen) atoms. The standard InChI is InChI=1S/C18H22FNO/c1-11-3-2-4-15(16(11)19)17(21)20-18-8-12-5-13(9-18)7-14(6-12)10-18/h2-4,12-14H,5-10H2,1H3,(H,20,21). The van der Waals surface area contributed by atoms with Crippen LogP contribution in [0.15, 0.2) is 18.2 Å². The van der Waals surface area contributed by atoms with E-state index in [1.54, 1.807) is 25.1 Å². The second kappa shape index (κ2) is 4.56. The molecule has 0 atom stereocenters. The molecule has 0 spiro atoms. The molecule has 4 aliphatic rings. The lowest BCUT2D eigenvalue weighted by molar-refractivity contribution is -0.0167. The van der Waals surface area contributed by atoms with E-state index < -0.39 is 0 Å². The third kappa shape index (κ3) is 2.18. The van der Waals surface area contributed by atoms with Crippen LogP contribution in [0.4, 0.5) is 4.39 Å². The number of nitrogens with one attached hydrogen (secondary N) is 1. The van der Waals surface area contributed by atoms with Gasteiger partial charge in [-0.3, -0.25) is 4.79 Å². The summed E-state index contributed by atoms with van der Waals surface area (Å²) in [6.07, 6.45) is 7.31. The SMILES string of the molecule is Cc1cccc(C(=O)NC23CC4CC(CC(C4)C2)C3)c1F. The number of hydrogen-bond donors (Lipinski definition) is 1. The summed E-state index contributed by atoms with van der Waals surface area (Å²) in [6.45, 7) is 1.71. The molecule has 1 amide bonds. The summed E-state index contributed by atoms with van der Waals surface area (Å²) in [6, 6.07) is 5.06. The first kappa shape index (κ1) is 13.3. The van der Waals surface area contributed by atoms with Gasteiger partial charge in [0, 0.05) is 5.54 Å². The van der Waals surface area contributed by atoms with Crippen molar-refractivity contribution < 1.29 is 9.18 Å². The fourth-order valence-corrected chi connectivity index (χ4v) is 5.39. The van der Waals surface area contributed by atoms with Crippen molar-refractivity contribution in [2.24, 2.45) is 17.8 Å². The number of aryl methyl sites for hydroxylation is 1. The molecule has 2 nitrogen and oxygen atoms in total. The second-order valence-corrected chi connectivity index (χ2v) is 7.59. The van der Waals surface area contributed by atoms with Gasteiger partial charge in [0.2, 0.25) is 0 Å². The monoisotopic (exact) mass is 287 g/mol. The Balaban J connectivity index is 1.58. The van der Waals surface area contributed by atoms with Crippen molar-refractivity contribution in [1.82, 2.24) is 5.32 Å². The zero-order valence-corrected chi connectivity index (χ0v) is 12.5. The van der Waals surface area contributed by atoms with Crippen molar-refractivity contribution in [3.05, 3.63) is 35.1 Å². The molecular formula is C18H22FNO. The zero-order valence-electron chi connectivity index (χ0n) is 12.5. The van der Waals surface area contributed by atoms with E-state index in [9.17, 15) is 9.18 Å². The first-order valence-electron chi connectivity index (χ1n) is 8.12. The zero-order chi connectivity index (χ0) is 14.6. The van der Waals surface area contributed by atoms with Crippen molar-refractivity contribution in [3.63, 3.8) is 0 Å². The third-order valence-corrected chi connectivity index (χ3v) is 5.85. The molecular weight excluding hydrogens is 265 g/mol. The fraction of sp³-hybridized carbons (Fsp3) is 0.611. The fourth-order valence-electron chi connectivity index (χ4n) is 5.39. The van der Waals surface area contributed by atoms with Crippen LogP contribution in [0, 0.1) is 30.5 Å². The highest BCUT2D eigenvalue weighted by molar-refractivity contribution is 5.95. The molecule has 0 aliphatic heterocycles. The molecule has 4 saturated carbocycles. The number of carbonyl (C=O) groups is 1. The molecule has 5 rings (SSSR count). The van der Waals surface area contributed by atoms with Gasteiger partial charge in [-0.25, -0.2) is 4.39 Å². The molecule has 4 bridgehead atoms. The van der Waals surface area contributed by atoms with Crippen molar-refractivity contribution in [2.75, 3.05) is 0 Å². The van der Waals surface area contributed by atoms with Gasteiger partial charge in [0.25, 0.3) is 5.91 Å². The maximum atomic E-state index is 14.2. The van der Waals surface area contributed by atoms with Crippen molar-refractivity contribution in [2.45, 2.75) is 51.0 Å². The minimum atomic E-state index is -0.375. The van der Waals surface area contributed by atoms with E-state index in [1.807, 2.05) is 0 Å². The number of carbonyl (C=O) groups excluding carboxylic acids is 1. The summed E-state index contributed by atoms with van der Waals surface area (Å²) in [5, 5.41) is 3.23. The highest BCUT2D eigenvalue weighted by Gasteiger charge is 2.51. The smallest absolute Gasteiger partial charge is 0.254 e. The van der Waals surface area contributed by atoms with Crippen LogP contribution in [0.3, 0.4) is 0 Å². The molecule has 0 radical (unpaired) electrons. The largest absolute Gasteiger partial charge is 0.346 e. The molecule has 112 valence electrons. The van der Waals surface area contributed by atoms with Crippen LogP contribution in [0.5, 0.6) is 0 Å². The normalized spacial score (nSPS) is 36.8. The van der Waals surface area contributed by atoms with Crippen LogP contribution >= 0.6 is 0 Å². The molecule has 1 aromatic rings. The topological polar surface area (TPSA) is 29.1 Å². The predicted molar refractivity (Wildman–Crippen MR) is 79.5 cm³/mol. The summed E-state index contributed by atoms with van der Waals surface area (Å²) in [7, 11) is 0. The molecule has 0 aromatic heterocycles. The summed E-state index contributed by atoms with van der Waals surface area (Å²) >= 11 is 0. The van der Waals surface area contributed by atoms with E-state index in [-0.39, 0.29) is 22.8 Å². The highest BCUT2D eigenvalue weighted by Crippen LogP contribution is 2.55. The summed E-state index contributed by atoms with van der Waals surface area (Å²) in [5.74, 6) is 1.73. The molecule has 3 heteroatoms. The number of rotatable bonds is 2. The number of amides is 1. The highest BCUT2D eigenvalue weighted by atomic mass is 19.1. The Morgan fingerprint density at radius 1 is 1.14 bits per heavy atom. The maximum Gasteiger partial charge on any atom is 0.254 e. The first-order valence-corrected chi connectivity index (χ1v) is 8.12. The van der Waals surface area contributed by atoms with E-state index >= 15 is 0 Å². The molecule has 4 aliphatic carbocycles. The molecule has 0 unspecified atom stereocenters. The van der Waals surface area contributed by atoms with Gasteiger partial charge < -0.3 is 5.32 Å². The average Bonchev–Trinajstić information content (AvgIpc) is 2.39. The molecule has 0 heterocycles. The summed E-state index contributed by atoms with van der Waals surface area (Å²) < 4.78 is 14.2. The van der Waals surface area contributed by atoms with Gasteiger partial charge in [-0.1, -0.05) is 12.1 Å². The first-order chi connectivity index (χ1) is 10.0. The van der Waals surface area contributed by atoms with Crippen molar-refractivity contribution >= 4 is 5.91 Å². The molecule has 0 saturated heterocycles. The lowest BCUT2D eigenvalue weighted by Gasteiger charge is -2.56. The van der Waals surface area contributed by atoms with E-state index in [4.69, 9.17) is 0 Å². The molecule has 4 fully saturated rings. The Kier molecular flexibility index (Phi) is 2.88. The van der Waals surface area contributed by atoms with E-state index in [2.05, 4.69) is 5.32 Å². The van der Waals surface area contributed by atoms with Gasteiger partial charge in [-0.2, -0.15) is 0 Å². The van der Waals surface area contributed by atoms with Crippen LogP contribution in [0.25, 0.3) is 0 Å². The van der Waals surface area contributed by atoms with Gasteiger partial charge in [0.1, 0.15) is 5.82 Å². The van der Waals surface area contributed by atoms with E-state index in [0.29, 0.717) is 5.56 Å². The maximum absolute atomic E-state index is 14.2. The van der Waals surface area contributed by atoms with Gasteiger partial charge in [-0.15, -0.1) is 0 Å². The predicted octanol–water partition coefficient (Wildman–Crippen LogP) is 3.83. The molecule has 1 aromatic carbocycles. The molecule has 1 N–H and O–H groups in total. The minimum Gasteiger partial charge on any atom is -0.346 e. The van der Waals surface area contributed by atoms with Crippen LogP contribution in [-0.2, 0) is 0 Å². The Bertz CT molecular complexity index is 560. The Hall–Kier alpha value is -1.38. The Labute approximate surface area is 125 Å². The van der Waals surface area contributed by atoms with Crippen molar-refractivity contribution in [3.8, 4) is 0 Å². The number of halogens is 1. The van der Waals surface area contributed by atoms with Crippen LogP contribution in [0.2, 0.25) is 0 Å². The summed E-state index contributed by atoms with van der Waals surface area (Å²) in [5.41, 5.74) is 0.682. The minimum absolute atomic E-state index is 0.0536. The second-order valence-electron chi connectivity index (χ2n) is 7.59. The Morgan fingerprint density at radius 2 is 1.71 bits per heavy atom. The summed E-state index contributed by atoms with van der Waals surface area (Å²) in [4.78, 5) is 12.6. The van der Waals surface area contributed by atoms with Crippen molar-refractivity contribution in [1.29, 1.82) is 0 Å². The van der Waals surface area contributed by atoms with Crippen LogP contribution in [-0.4, -0.2) is 11.4 Å². The van der Waals surface area contributed by atoms with Gasteiger partial charge in [-0.05, 0) is 74.8 Å². The quantitative estimate of drug-likeness (QED) is 0.880. The van der Waals surface area contributed by atoms with Gasteiger partial charge in [0.05, 0.1) is 5.56 Å². The Morgan fingerprint density at radius 3 is 2.29 bits per heavy atom.